The van der Waals surface area contributed by atoms with Crippen molar-refractivity contribution in [3.8, 4) is 5.75 Å². The number of rotatable bonds is 7. The fraction of sp³-hybridized carbons (Fsp3) is 0.281. The number of hydrogen-bond donors (Lipinski definition) is 2. The molecule has 4 rings (SSSR count). The van der Waals surface area contributed by atoms with Gasteiger partial charge in [0.25, 0.3) is 11.7 Å². The maximum absolute atomic E-state index is 13.4. The number of aliphatic hydroxyl groups excluding tert-OH is 1. The molecule has 1 unspecified atom stereocenters. The molecule has 3 aromatic rings. The summed E-state index contributed by atoms with van der Waals surface area (Å²) in [6.07, 6.45) is -0.180. The number of ketones is 1. The molecule has 1 fully saturated rings. The van der Waals surface area contributed by atoms with Gasteiger partial charge >= 0.3 is 5.97 Å². The van der Waals surface area contributed by atoms with Gasteiger partial charge in [0, 0.05) is 11.3 Å². The van der Waals surface area contributed by atoms with E-state index in [9.17, 15) is 19.5 Å². The van der Waals surface area contributed by atoms with Crippen molar-refractivity contribution in [2.75, 3.05) is 4.90 Å². The Bertz CT molecular complexity index is 1410. The monoisotopic (exact) mass is 527 g/mol. The molecule has 0 aliphatic carbocycles. The molecule has 0 bridgehead atoms. The second-order valence-electron chi connectivity index (χ2n) is 11.0. The molecule has 3 aromatic carbocycles. The number of ether oxygens (including phenoxy) is 1. The highest BCUT2D eigenvalue weighted by atomic mass is 16.5. The van der Waals surface area contributed by atoms with Crippen LogP contribution in [0.5, 0.6) is 5.75 Å². The van der Waals surface area contributed by atoms with Gasteiger partial charge < -0.3 is 14.9 Å². The third-order valence-electron chi connectivity index (χ3n) is 6.61. The Hall–Kier alpha value is -4.39. The summed E-state index contributed by atoms with van der Waals surface area (Å²) >= 11 is 0. The number of carboxylic acids is 1. The van der Waals surface area contributed by atoms with Crippen LogP contribution in [0.25, 0.3) is 5.76 Å². The zero-order valence-corrected chi connectivity index (χ0v) is 22.8. The lowest BCUT2D eigenvalue weighted by Gasteiger charge is -2.27. The molecule has 1 heterocycles. The van der Waals surface area contributed by atoms with Crippen LogP contribution in [0.1, 0.15) is 62.9 Å². The maximum atomic E-state index is 13.4. The molecule has 1 atom stereocenters. The highest BCUT2D eigenvalue weighted by Crippen LogP contribution is 2.42. The van der Waals surface area contributed by atoms with Crippen molar-refractivity contribution in [2.45, 2.75) is 58.6 Å². The Morgan fingerprint density at radius 1 is 0.897 bits per heavy atom. The third kappa shape index (κ3) is 5.87. The molecule has 1 amide bonds. The Morgan fingerprint density at radius 3 is 2.00 bits per heavy atom. The van der Waals surface area contributed by atoms with Gasteiger partial charge in [-0.2, -0.15) is 0 Å². The lowest BCUT2D eigenvalue weighted by atomic mass is 9.85. The van der Waals surface area contributed by atoms with E-state index >= 15 is 0 Å². The second kappa shape index (κ2) is 10.8. The largest absolute Gasteiger partial charge is 0.507 e. The molecule has 0 saturated carbocycles. The molecular weight excluding hydrogens is 494 g/mol. The molecule has 0 aromatic heterocycles. The normalized spacial score (nSPS) is 17.1. The zero-order valence-electron chi connectivity index (χ0n) is 22.8. The van der Waals surface area contributed by atoms with E-state index < -0.39 is 23.7 Å². The number of nitrogens with zero attached hydrogens (tertiary/aromatic N) is 1. The molecule has 0 spiro atoms. The highest BCUT2D eigenvalue weighted by molar-refractivity contribution is 6.51. The van der Waals surface area contributed by atoms with Crippen LogP contribution in [0.4, 0.5) is 5.69 Å². The summed E-state index contributed by atoms with van der Waals surface area (Å²) in [5, 5.41) is 20.5. The van der Waals surface area contributed by atoms with Crippen LogP contribution < -0.4 is 9.64 Å². The van der Waals surface area contributed by atoms with E-state index in [1.54, 1.807) is 48.5 Å². The lowest BCUT2D eigenvalue weighted by Crippen LogP contribution is -2.29. The van der Waals surface area contributed by atoms with Crippen molar-refractivity contribution in [2.24, 2.45) is 0 Å². The van der Waals surface area contributed by atoms with Crippen LogP contribution in [-0.4, -0.2) is 34.0 Å². The molecule has 1 aliphatic heterocycles. The molecule has 7 nitrogen and oxygen atoms in total. The van der Waals surface area contributed by atoms with Crippen molar-refractivity contribution in [3.63, 3.8) is 0 Å². The molecule has 7 heteroatoms. The van der Waals surface area contributed by atoms with Gasteiger partial charge in [-0.15, -0.1) is 0 Å². The first kappa shape index (κ1) is 27.6. The SMILES string of the molecule is CC(C)Oc1ccc(/C(O)=C2/C(=O)C(=O)N(c3ccc(CC(=O)O)cc3)C2c2ccc(C(C)(C)C)cc2)cc1. The number of anilines is 1. The van der Waals surface area contributed by atoms with Crippen LogP contribution in [0.3, 0.4) is 0 Å². The van der Waals surface area contributed by atoms with Gasteiger partial charge in [-0.1, -0.05) is 57.2 Å². The minimum absolute atomic E-state index is 0.0179. The minimum Gasteiger partial charge on any atom is -0.507 e. The van der Waals surface area contributed by atoms with E-state index in [4.69, 9.17) is 9.84 Å². The number of carbonyl (C=O) groups excluding carboxylic acids is 2. The molecule has 1 aliphatic rings. The Kier molecular flexibility index (Phi) is 7.63. The minimum atomic E-state index is -0.966. The van der Waals surface area contributed by atoms with Crippen LogP contribution in [0.15, 0.2) is 78.4 Å². The van der Waals surface area contributed by atoms with Gasteiger partial charge in [0.15, 0.2) is 0 Å². The predicted octanol–water partition coefficient (Wildman–Crippen LogP) is 6.02. The first-order valence-electron chi connectivity index (χ1n) is 12.9. The highest BCUT2D eigenvalue weighted by Gasteiger charge is 2.47. The van der Waals surface area contributed by atoms with Crippen molar-refractivity contribution >= 4 is 29.1 Å². The quantitative estimate of drug-likeness (QED) is 0.221. The van der Waals surface area contributed by atoms with Crippen LogP contribution >= 0.6 is 0 Å². The van der Waals surface area contributed by atoms with Crippen LogP contribution in [0.2, 0.25) is 0 Å². The van der Waals surface area contributed by atoms with Crippen LogP contribution in [0, 0.1) is 0 Å². The number of benzene rings is 3. The number of hydrogen-bond acceptors (Lipinski definition) is 5. The molecule has 0 radical (unpaired) electrons. The standard InChI is InChI=1S/C32H33NO6/c1-19(2)39-25-16-10-22(11-17-25)29(36)27-28(21-8-12-23(13-9-21)32(3,4)5)33(31(38)30(27)37)24-14-6-20(7-15-24)18-26(34)35/h6-17,19,28,36H,18H2,1-5H3,(H,34,35)/b29-27-. The fourth-order valence-corrected chi connectivity index (χ4v) is 4.65. The lowest BCUT2D eigenvalue weighted by molar-refractivity contribution is -0.136. The van der Waals surface area contributed by atoms with E-state index in [-0.39, 0.29) is 29.3 Å². The number of aliphatic hydroxyl groups is 1. The maximum Gasteiger partial charge on any atom is 0.307 e. The molecule has 202 valence electrons. The smallest absolute Gasteiger partial charge is 0.307 e. The number of carboxylic acid groups (broad SMARTS) is 1. The predicted molar refractivity (Wildman–Crippen MR) is 150 cm³/mol. The summed E-state index contributed by atoms with van der Waals surface area (Å²) in [5.41, 5.74) is 3.02. The first-order valence-corrected chi connectivity index (χ1v) is 12.9. The average molecular weight is 528 g/mol. The van der Waals surface area contributed by atoms with Crippen molar-refractivity contribution in [1.29, 1.82) is 0 Å². The zero-order chi connectivity index (χ0) is 28.5. The van der Waals surface area contributed by atoms with Crippen molar-refractivity contribution in [1.82, 2.24) is 0 Å². The van der Waals surface area contributed by atoms with E-state index in [2.05, 4.69) is 20.8 Å². The number of Topliss-reactive ketones (excluding diaryl/α,β-unsaturated/α-hetero) is 1. The summed E-state index contributed by atoms with van der Waals surface area (Å²) in [7, 11) is 0. The molecule has 1 saturated heterocycles. The summed E-state index contributed by atoms with van der Waals surface area (Å²) in [6, 6.07) is 20.0. The van der Waals surface area contributed by atoms with E-state index in [0.29, 0.717) is 28.1 Å². The van der Waals surface area contributed by atoms with Gasteiger partial charge in [-0.25, -0.2) is 0 Å². The Balaban J connectivity index is 1.84. The third-order valence-corrected chi connectivity index (χ3v) is 6.61. The molecule has 39 heavy (non-hydrogen) atoms. The summed E-state index contributed by atoms with van der Waals surface area (Å²) in [6.45, 7) is 10.1. The van der Waals surface area contributed by atoms with E-state index in [1.165, 1.54) is 4.90 Å². The summed E-state index contributed by atoms with van der Waals surface area (Å²) < 4.78 is 5.69. The molecular formula is C32H33NO6. The number of amides is 1. The fourth-order valence-electron chi connectivity index (χ4n) is 4.65. The van der Waals surface area contributed by atoms with Crippen molar-refractivity contribution < 1.29 is 29.3 Å². The average Bonchev–Trinajstić information content (AvgIpc) is 3.13. The summed E-state index contributed by atoms with van der Waals surface area (Å²) in [5.74, 6) is -2.19. The van der Waals surface area contributed by atoms with Gasteiger partial charge in [0.1, 0.15) is 11.5 Å². The van der Waals surface area contributed by atoms with Crippen molar-refractivity contribution in [3.05, 3.63) is 101 Å². The number of aliphatic carboxylic acids is 1. The Morgan fingerprint density at radius 2 is 1.49 bits per heavy atom. The topological polar surface area (TPSA) is 104 Å². The van der Waals surface area contributed by atoms with E-state index in [1.807, 2.05) is 38.1 Å². The van der Waals surface area contributed by atoms with Gasteiger partial charge in [-0.3, -0.25) is 19.3 Å². The van der Waals surface area contributed by atoms with E-state index in [0.717, 1.165) is 5.56 Å². The summed E-state index contributed by atoms with van der Waals surface area (Å²) in [4.78, 5) is 39.3. The second-order valence-corrected chi connectivity index (χ2v) is 11.0. The number of carbonyl (C=O) groups is 3. The van der Waals surface area contributed by atoms with Gasteiger partial charge in [0.2, 0.25) is 0 Å². The Labute approximate surface area is 228 Å². The van der Waals surface area contributed by atoms with Crippen LogP contribution in [-0.2, 0) is 26.2 Å². The first-order chi connectivity index (χ1) is 18.4. The molecule has 2 N–H and O–H groups in total. The van der Waals surface area contributed by atoms with Gasteiger partial charge in [-0.05, 0) is 72.4 Å². The van der Waals surface area contributed by atoms with Gasteiger partial charge in [0.05, 0.1) is 24.1 Å².